The molecule has 0 radical (unpaired) electrons. The summed E-state index contributed by atoms with van der Waals surface area (Å²) in [7, 11) is 1.66. The van der Waals surface area contributed by atoms with Crippen LogP contribution in [0.25, 0.3) is 0 Å². The van der Waals surface area contributed by atoms with Crippen molar-refractivity contribution in [1.82, 2.24) is 0 Å². The first-order valence-electron chi connectivity index (χ1n) is 6.96. The Labute approximate surface area is 130 Å². The van der Waals surface area contributed by atoms with Crippen molar-refractivity contribution in [2.24, 2.45) is 0 Å². The molecule has 0 atom stereocenters. The first-order chi connectivity index (χ1) is 10.2. The average molecular weight is 306 g/mol. The highest BCUT2D eigenvalue weighted by molar-refractivity contribution is 6.30. The molecule has 0 heterocycles. The van der Waals surface area contributed by atoms with Crippen molar-refractivity contribution in [1.29, 1.82) is 0 Å². The first-order valence-corrected chi connectivity index (χ1v) is 7.34. The van der Waals surface area contributed by atoms with Crippen molar-refractivity contribution in [3.05, 3.63) is 58.6 Å². The number of rotatable bonds is 7. The van der Waals surface area contributed by atoms with Crippen LogP contribution in [0, 0.1) is 0 Å². The molecule has 4 heteroatoms. The maximum atomic E-state index is 6.05. The summed E-state index contributed by atoms with van der Waals surface area (Å²) in [6.07, 6.45) is 0. The number of halogens is 1. The lowest BCUT2D eigenvalue weighted by Crippen LogP contribution is -2.05. The summed E-state index contributed by atoms with van der Waals surface area (Å²) in [5.41, 5.74) is 3.23. The van der Waals surface area contributed by atoms with Crippen molar-refractivity contribution < 1.29 is 9.47 Å². The standard InChI is InChI=1S/C17H20ClNO2/c1-3-21-12-13-6-4-5-7-16(13)19-11-14-10-15(18)8-9-17(14)20-2/h4-10,19H,3,11-12H2,1-2H3. The fraction of sp³-hybridized carbons (Fsp3) is 0.294. The Kier molecular flexibility index (Phi) is 5.90. The van der Waals surface area contributed by atoms with E-state index in [0.717, 1.165) is 22.6 Å². The molecule has 2 aromatic rings. The van der Waals surface area contributed by atoms with Crippen LogP contribution < -0.4 is 10.1 Å². The topological polar surface area (TPSA) is 30.5 Å². The number of para-hydroxylation sites is 1. The smallest absolute Gasteiger partial charge is 0.123 e. The molecule has 112 valence electrons. The van der Waals surface area contributed by atoms with Gasteiger partial charge in [-0.05, 0) is 31.2 Å². The molecule has 0 aliphatic heterocycles. The molecule has 0 bridgehead atoms. The summed E-state index contributed by atoms with van der Waals surface area (Å²) in [5.74, 6) is 0.828. The normalized spacial score (nSPS) is 10.4. The maximum absolute atomic E-state index is 6.05. The van der Waals surface area contributed by atoms with Crippen LogP contribution >= 0.6 is 11.6 Å². The summed E-state index contributed by atoms with van der Waals surface area (Å²) in [6.45, 7) is 3.95. The number of nitrogens with one attached hydrogen (secondary N) is 1. The van der Waals surface area contributed by atoms with Crippen LogP contribution in [-0.4, -0.2) is 13.7 Å². The van der Waals surface area contributed by atoms with Gasteiger partial charge < -0.3 is 14.8 Å². The largest absolute Gasteiger partial charge is 0.496 e. The van der Waals surface area contributed by atoms with E-state index in [2.05, 4.69) is 11.4 Å². The van der Waals surface area contributed by atoms with Gasteiger partial charge in [-0.3, -0.25) is 0 Å². The molecule has 0 unspecified atom stereocenters. The highest BCUT2D eigenvalue weighted by Crippen LogP contribution is 2.24. The molecule has 0 aliphatic carbocycles. The lowest BCUT2D eigenvalue weighted by Gasteiger charge is -2.14. The predicted octanol–water partition coefficient (Wildman–Crippen LogP) is 4.50. The van der Waals surface area contributed by atoms with Crippen molar-refractivity contribution in [2.45, 2.75) is 20.1 Å². The van der Waals surface area contributed by atoms with Crippen LogP contribution in [0.2, 0.25) is 5.02 Å². The van der Waals surface area contributed by atoms with Crippen LogP contribution in [0.5, 0.6) is 5.75 Å². The van der Waals surface area contributed by atoms with Gasteiger partial charge in [-0.25, -0.2) is 0 Å². The summed E-state index contributed by atoms with van der Waals surface area (Å²) in [6, 6.07) is 13.8. The van der Waals surface area contributed by atoms with E-state index in [4.69, 9.17) is 21.1 Å². The summed E-state index contributed by atoms with van der Waals surface area (Å²) in [4.78, 5) is 0. The first kappa shape index (κ1) is 15.7. The minimum absolute atomic E-state index is 0.604. The van der Waals surface area contributed by atoms with E-state index in [1.807, 2.05) is 43.3 Å². The van der Waals surface area contributed by atoms with Crippen LogP contribution in [-0.2, 0) is 17.9 Å². The molecule has 0 saturated carbocycles. The minimum Gasteiger partial charge on any atom is -0.496 e. The van der Waals surface area contributed by atoms with E-state index >= 15 is 0 Å². The van der Waals surface area contributed by atoms with Gasteiger partial charge in [0.05, 0.1) is 13.7 Å². The van der Waals surface area contributed by atoms with Crippen molar-refractivity contribution in [2.75, 3.05) is 19.0 Å². The summed E-state index contributed by atoms with van der Waals surface area (Å²) in [5, 5.41) is 4.13. The van der Waals surface area contributed by atoms with Gasteiger partial charge >= 0.3 is 0 Å². The number of anilines is 1. The predicted molar refractivity (Wildman–Crippen MR) is 87.1 cm³/mol. The third-order valence-corrected chi connectivity index (χ3v) is 3.43. The molecule has 0 saturated heterocycles. The zero-order valence-electron chi connectivity index (χ0n) is 12.4. The number of ether oxygens (including phenoxy) is 2. The monoisotopic (exact) mass is 305 g/mol. The lowest BCUT2D eigenvalue weighted by molar-refractivity contribution is 0.134. The van der Waals surface area contributed by atoms with E-state index in [1.165, 1.54) is 0 Å². The molecule has 2 aromatic carbocycles. The Hall–Kier alpha value is -1.71. The Bertz CT molecular complexity index is 587. The highest BCUT2D eigenvalue weighted by atomic mass is 35.5. The average Bonchev–Trinajstić information content (AvgIpc) is 2.52. The van der Waals surface area contributed by atoms with E-state index in [9.17, 15) is 0 Å². The Morgan fingerprint density at radius 2 is 1.90 bits per heavy atom. The van der Waals surface area contributed by atoms with Crippen LogP contribution in [0.4, 0.5) is 5.69 Å². The quantitative estimate of drug-likeness (QED) is 0.817. The van der Waals surface area contributed by atoms with E-state index < -0.39 is 0 Å². The molecule has 0 aliphatic rings. The Balaban J connectivity index is 2.11. The molecule has 0 aromatic heterocycles. The van der Waals surface area contributed by atoms with E-state index in [-0.39, 0.29) is 0 Å². The second-order valence-corrected chi connectivity index (χ2v) is 5.04. The van der Waals surface area contributed by atoms with Crippen LogP contribution in [0.3, 0.4) is 0 Å². The molecule has 21 heavy (non-hydrogen) atoms. The minimum atomic E-state index is 0.604. The van der Waals surface area contributed by atoms with Crippen molar-refractivity contribution in [3.63, 3.8) is 0 Å². The molecule has 0 amide bonds. The van der Waals surface area contributed by atoms with Crippen molar-refractivity contribution in [3.8, 4) is 5.75 Å². The van der Waals surface area contributed by atoms with Gasteiger partial charge in [0.1, 0.15) is 5.75 Å². The van der Waals surface area contributed by atoms with Crippen molar-refractivity contribution >= 4 is 17.3 Å². The van der Waals surface area contributed by atoms with E-state index in [1.54, 1.807) is 7.11 Å². The second kappa shape index (κ2) is 7.91. The molecule has 3 nitrogen and oxygen atoms in total. The van der Waals surface area contributed by atoms with E-state index in [0.29, 0.717) is 24.8 Å². The fourth-order valence-corrected chi connectivity index (χ4v) is 2.30. The molecule has 2 rings (SSSR count). The number of benzene rings is 2. The summed E-state index contributed by atoms with van der Waals surface area (Å²) < 4.78 is 10.9. The van der Waals surface area contributed by atoms with Gasteiger partial charge in [0.15, 0.2) is 0 Å². The molecular weight excluding hydrogens is 286 g/mol. The SMILES string of the molecule is CCOCc1ccccc1NCc1cc(Cl)ccc1OC. The number of hydrogen-bond donors (Lipinski definition) is 1. The maximum Gasteiger partial charge on any atom is 0.123 e. The number of methoxy groups -OCH3 is 1. The van der Waals surface area contributed by atoms with Gasteiger partial charge in [0.25, 0.3) is 0 Å². The lowest BCUT2D eigenvalue weighted by atomic mass is 10.1. The Morgan fingerprint density at radius 1 is 1.10 bits per heavy atom. The molecular formula is C17H20ClNO2. The third kappa shape index (κ3) is 4.38. The molecule has 0 spiro atoms. The Morgan fingerprint density at radius 3 is 2.67 bits per heavy atom. The third-order valence-electron chi connectivity index (χ3n) is 3.19. The zero-order chi connectivity index (χ0) is 15.1. The van der Waals surface area contributed by atoms with Crippen LogP contribution in [0.1, 0.15) is 18.1 Å². The fourth-order valence-electron chi connectivity index (χ4n) is 2.11. The van der Waals surface area contributed by atoms with Gasteiger partial charge in [0.2, 0.25) is 0 Å². The van der Waals surface area contributed by atoms with Gasteiger partial charge in [-0.15, -0.1) is 0 Å². The highest BCUT2D eigenvalue weighted by Gasteiger charge is 2.06. The summed E-state index contributed by atoms with van der Waals surface area (Å²) >= 11 is 6.05. The van der Waals surface area contributed by atoms with Crippen LogP contribution in [0.15, 0.2) is 42.5 Å². The zero-order valence-corrected chi connectivity index (χ0v) is 13.1. The van der Waals surface area contributed by atoms with Gasteiger partial charge in [-0.1, -0.05) is 29.8 Å². The van der Waals surface area contributed by atoms with Gasteiger partial charge in [-0.2, -0.15) is 0 Å². The number of hydrogen-bond acceptors (Lipinski definition) is 3. The van der Waals surface area contributed by atoms with Gasteiger partial charge in [0, 0.05) is 35.0 Å². The molecule has 1 N–H and O–H groups in total. The second-order valence-electron chi connectivity index (χ2n) is 4.60. The molecule has 0 fully saturated rings.